The van der Waals surface area contributed by atoms with Crippen molar-refractivity contribution in [1.29, 1.82) is 5.26 Å². The lowest BCUT2D eigenvalue weighted by molar-refractivity contribution is -0.151. The molecule has 0 aromatic heterocycles. The Kier molecular flexibility index (Phi) is 5.77. The van der Waals surface area contributed by atoms with Crippen LogP contribution in [0.15, 0.2) is 28.0 Å². The van der Waals surface area contributed by atoms with Crippen LogP contribution >= 0.6 is 23.5 Å². The largest absolute Gasteiger partial charge is 0.459 e. The Morgan fingerprint density at radius 1 is 1.37 bits per heavy atom. The van der Waals surface area contributed by atoms with E-state index in [-0.39, 0.29) is 11.7 Å². The quantitative estimate of drug-likeness (QED) is 0.626. The second kappa shape index (κ2) is 6.88. The van der Waals surface area contributed by atoms with Crippen LogP contribution in [0.3, 0.4) is 0 Å². The number of nitriles is 1. The number of hydrogen-bond donors (Lipinski definition) is 0. The van der Waals surface area contributed by atoms with Gasteiger partial charge in [0.25, 0.3) is 0 Å². The fraction of sp³-hybridized carbons (Fsp3) is 0.429. The number of ether oxygens (including phenoxy) is 1. The van der Waals surface area contributed by atoms with Crippen molar-refractivity contribution in [2.45, 2.75) is 36.2 Å². The van der Waals surface area contributed by atoms with Crippen molar-refractivity contribution in [3.05, 3.63) is 23.8 Å². The van der Waals surface area contributed by atoms with Gasteiger partial charge in [-0.25, -0.2) is 0 Å². The van der Waals surface area contributed by atoms with E-state index in [2.05, 4.69) is 6.07 Å². The van der Waals surface area contributed by atoms with E-state index in [9.17, 15) is 10.1 Å². The molecule has 0 radical (unpaired) electrons. The molecule has 3 nitrogen and oxygen atoms in total. The van der Waals surface area contributed by atoms with Gasteiger partial charge >= 0.3 is 5.97 Å². The standard InChI is InChI=1S/C14H17NO2S2/c1-14(2,3)17-13(16)9-19-12-7-5-6-11(18-4)10(12)8-15/h5-7H,9H2,1-4H3. The lowest BCUT2D eigenvalue weighted by Crippen LogP contribution is -2.24. The van der Waals surface area contributed by atoms with Crippen molar-refractivity contribution in [1.82, 2.24) is 0 Å². The number of hydrogen-bond acceptors (Lipinski definition) is 5. The third-order valence-electron chi connectivity index (χ3n) is 2.09. The molecule has 1 aromatic rings. The average Bonchev–Trinajstić information content (AvgIpc) is 2.33. The highest BCUT2D eigenvalue weighted by Gasteiger charge is 2.17. The molecule has 1 aromatic carbocycles. The van der Waals surface area contributed by atoms with Crippen molar-refractivity contribution in [3.63, 3.8) is 0 Å². The summed E-state index contributed by atoms with van der Waals surface area (Å²) in [5.74, 6) is -0.0556. The van der Waals surface area contributed by atoms with Crippen molar-refractivity contribution in [2.24, 2.45) is 0 Å². The fourth-order valence-corrected chi connectivity index (χ4v) is 2.87. The Bertz CT molecular complexity index is 501. The van der Waals surface area contributed by atoms with Crippen molar-refractivity contribution in [2.75, 3.05) is 12.0 Å². The first-order valence-corrected chi connectivity index (χ1v) is 8.00. The third-order valence-corrected chi connectivity index (χ3v) is 3.90. The van der Waals surface area contributed by atoms with E-state index >= 15 is 0 Å². The molecule has 0 aliphatic rings. The summed E-state index contributed by atoms with van der Waals surface area (Å²) in [4.78, 5) is 13.4. The predicted molar refractivity (Wildman–Crippen MR) is 79.5 cm³/mol. The van der Waals surface area contributed by atoms with Gasteiger partial charge in [0.05, 0.1) is 11.3 Å². The van der Waals surface area contributed by atoms with Gasteiger partial charge in [-0.15, -0.1) is 23.5 Å². The van der Waals surface area contributed by atoms with Gasteiger partial charge in [0.1, 0.15) is 11.7 Å². The molecule has 19 heavy (non-hydrogen) atoms. The highest BCUT2D eigenvalue weighted by Crippen LogP contribution is 2.29. The maximum absolute atomic E-state index is 11.7. The zero-order valence-corrected chi connectivity index (χ0v) is 13.2. The first-order valence-electron chi connectivity index (χ1n) is 5.79. The summed E-state index contributed by atoms with van der Waals surface area (Å²) in [6.45, 7) is 5.51. The number of thioether (sulfide) groups is 2. The molecule has 0 aliphatic heterocycles. The van der Waals surface area contributed by atoms with Crippen LogP contribution in [0.4, 0.5) is 0 Å². The van der Waals surface area contributed by atoms with Crippen LogP contribution in [0, 0.1) is 11.3 Å². The second-order valence-corrected chi connectivity index (χ2v) is 6.69. The van der Waals surface area contributed by atoms with Crippen molar-refractivity contribution < 1.29 is 9.53 Å². The number of esters is 1. The molecule has 102 valence electrons. The molecule has 0 fully saturated rings. The van der Waals surface area contributed by atoms with E-state index in [1.54, 1.807) is 0 Å². The molecular formula is C14H17NO2S2. The summed E-state index contributed by atoms with van der Waals surface area (Å²) in [7, 11) is 0. The molecule has 0 atom stereocenters. The minimum Gasteiger partial charge on any atom is -0.459 e. The van der Waals surface area contributed by atoms with Gasteiger partial charge in [-0.2, -0.15) is 5.26 Å². The molecule has 5 heteroatoms. The van der Waals surface area contributed by atoms with Crippen molar-refractivity contribution in [3.8, 4) is 6.07 Å². The van der Waals surface area contributed by atoms with Gasteiger partial charge in [-0.3, -0.25) is 4.79 Å². The number of carbonyl (C=O) groups excluding carboxylic acids is 1. The Labute approximate surface area is 122 Å². The van der Waals surface area contributed by atoms with Crippen LogP contribution in [-0.4, -0.2) is 23.6 Å². The van der Waals surface area contributed by atoms with Crippen LogP contribution in [0.5, 0.6) is 0 Å². The summed E-state index contributed by atoms with van der Waals surface area (Å²) in [6, 6.07) is 7.84. The predicted octanol–water partition coefficient (Wildman–Crippen LogP) is 3.71. The van der Waals surface area contributed by atoms with E-state index in [1.165, 1.54) is 23.5 Å². The van der Waals surface area contributed by atoms with E-state index in [4.69, 9.17) is 4.74 Å². The normalized spacial score (nSPS) is 10.9. The molecule has 0 bridgehead atoms. The Hall–Kier alpha value is -1.12. The summed E-state index contributed by atoms with van der Waals surface area (Å²) < 4.78 is 5.24. The number of carbonyl (C=O) groups is 1. The van der Waals surface area contributed by atoms with Crippen LogP contribution in [0.1, 0.15) is 26.3 Å². The van der Waals surface area contributed by atoms with E-state index in [0.29, 0.717) is 5.56 Å². The topological polar surface area (TPSA) is 50.1 Å². The van der Waals surface area contributed by atoms with Gasteiger partial charge in [-0.1, -0.05) is 6.07 Å². The van der Waals surface area contributed by atoms with Gasteiger partial charge < -0.3 is 4.74 Å². The smallest absolute Gasteiger partial charge is 0.316 e. The Morgan fingerprint density at radius 2 is 2.00 bits per heavy atom. The number of benzene rings is 1. The first-order chi connectivity index (χ1) is 8.87. The highest BCUT2D eigenvalue weighted by molar-refractivity contribution is 8.00. The molecule has 0 amide bonds. The van der Waals surface area contributed by atoms with Gasteiger partial charge in [0, 0.05) is 9.79 Å². The fourth-order valence-electron chi connectivity index (χ4n) is 1.42. The lowest BCUT2D eigenvalue weighted by Gasteiger charge is -2.19. The van der Waals surface area contributed by atoms with Gasteiger partial charge in [-0.05, 0) is 39.2 Å². The zero-order chi connectivity index (χ0) is 14.5. The van der Waals surface area contributed by atoms with Crippen LogP contribution in [-0.2, 0) is 9.53 Å². The van der Waals surface area contributed by atoms with Crippen molar-refractivity contribution >= 4 is 29.5 Å². The van der Waals surface area contributed by atoms with Crippen LogP contribution < -0.4 is 0 Å². The average molecular weight is 295 g/mol. The molecule has 1 rings (SSSR count). The third kappa shape index (κ3) is 5.17. The van der Waals surface area contributed by atoms with Crippen LogP contribution in [0.25, 0.3) is 0 Å². The lowest BCUT2D eigenvalue weighted by atomic mass is 10.2. The molecule has 0 N–H and O–H groups in total. The van der Waals surface area contributed by atoms with E-state index in [1.807, 2.05) is 45.2 Å². The summed E-state index contributed by atoms with van der Waals surface area (Å²) in [5.41, 5.74) is 0.153. The minimum absolute atomic E-state index is 0.212. The SMILES string of the molecule is CSc1cccc(SCC(=O)OC(C)(C)C)c1C#N. The monoisotopic (exact) mass is 295 g/mol. The molecular weight excluding hydrogens is 278 g/mol. The molecule has 0 unspecified atom stereocenters. The molecule has 0 heterocycles. The number of nitrogens with zero attached hydrogens (tertiary/aromatic N) is 1. The minimum atomic E-state index is -0.475. The molecule has 0 aliphatic carbocycles. The van der Waals surface area contributed by atoms with Crippen LogP contribution in [0.2, 0.25) is 0 Å². The Morgan fingerprint density at radius 3 is 2.53 bits per heavy atom. The molecule has 0 spiro atoms. The maximum atomic E-state index is 11.7. The Balaban J connectivity index is 2.74. The summed E-state index contributed by atoms with van der Waals surface area (Å²) >= 11 is 2.87. The maximum Gasteiger partial charge on any atom is 0.316 e. The van der Waals surface area contributed by atoms with E-state index < -0.39 is 5.60 Å². The van der Waals surface area contributed by atoms with Gasteiger partial charge in [0.15, 0.2) is 0 Å². The zero-order valence-electron chi connectivity index (χ0n) is 11.5. The molecule has 0 saturated heterocycles. The summed E-state index contributed by atoms with van der Waals surface area (Å²) in [6.07, 6.45) is 1.93. The van der Waals surface area contributed by atoms with Gasteiger partial charge in [0.2, 0.25) is 0 Å². The molecule has 0 saturated carbocycles. The summed E-state index contributed by atoms with van der Waals surface area (Å²) in [5, 5.41) is 9.19. The number of rotatable bonds is 4. The first kappa shape index (κ1) is 15.9. The van der Waals surface area contributed by atoms with E-state index in [0.717, 1.165) is 9.79 Å². The highest BCUT2D eigenvalue weighted by atomic mass is 32.2. The second-order valence-electron chi connectivity index (χ2n) is 4.82.